The summed E-state index contributed by atoms with van der Waals surface area (Å²) in [6.07, 6.45) is 1.53. The lowest BCUT2D eigenvalue weighted by Gasteiger charge is -2.12. The Morgan fingerprint density at radius 1 is 1.12 bits per heavy atom. The summed E-state index contributed by atoms with van der Waals surface area (Å²) < 4.78 is 36.7. The van der Waals surface area contributed by atoms with Gasteiger partial charge in [-0.05, 0) is 36.5 Å². The largest absolute Gasteiger partial charge is 0.479 e. The molecule has 2 heterocycles. The molecule has 0 amide bonds. The van der Waals surface area contributed by atoms with E-state index < -0.39 is 10.0 Å². The second-order valence-electron chi connectivity index (χ2n) is 9.72. The molecule has 210 valence electrons. The number of aromatic nitrogens is 2. The highest BCUT2D eigenvalue weighted by atomic mass is 32.2. The van der Waals surface area contributed by atoms with Crippen molar-refractivity contribution in [3.8, 4) is 28.4 Å². The van der Waals surface area contributed by atoms with E-state index in [0.717, 1.165) is 34.3 Å². The third-order valence-electron chi connectivity index (χ3n) is 6.17. The molecule has 2 N–H and O–H groups in total. The number of methoxy groups -OCH3 is 1. The molecule has 0 spiro atoms. The van der Waals surface area contributed by atoms with Crippen molar-refractivity contribution in [3.63, 3.8) is 0 Å². The van der Waals surface area contributed by atoms with Gasteiger partial charge in [-0.2, -0.15) is 4.98 Å². The highest BCUT2D eigenvalue weighted by Gasteiger charge is 2.25. The van der Waals surface area contributed by atoms with Gasteiger partial charge in [-0.1, -0.05) is 75.0 Å². The van der Waals surface area contributed by atoms with Gasteiger partial charge in [0.15, 0.2) is 6.29 Å². The first kappa shape index (κ1) is 29.1. The molecule has 0 atom stereocenters. The Balaban J connectivity index is 1.70. The first-order valence-corrected chi connectivity index (χ1v) is 15.3. The minimum absolute atomic E-state index is 0.235. The van der Waals surface area contributed by atoms with E-state index in [1.54, 1.807) is 0 Å². The van der Waals surface area contributed by atoms with Gasteiger partial charge in [0.25, 0.3) is 10.0 Å². The standard InChI is InChI=1S/C30H34N4O4S2/c1-6-31-21(4)33-40(36,37)30-26(17-25(39-30)16-20(2)3)23-14-12-22(13-15-23)18-34-27(19-35)29(38-5)32-28(34)24-10-8-7-9-11-24/h7-15,17,19-20,31,33H,4,6,16,18H2,1-3,5H3. The SMILES string of the molecule is C=C(NCC)NS(=O)(=O)c1sc(CC(C)C)cc1-c1ccc(Cn2c(-c3ccccc3)nc(OC)c2C=O)cc1. The fourth-order valence-electron chi connectivity index (χ4n) is 4.43. The molecule has 0 bridgehead atoms. The van der Waals surface area contributed by atoms with Gasteiger partial charge in [-0.3, -0.25) is 9.52 Å². The Bertz CT molecular complexity index is 1590. The summed E-state index contributed by atoms with van der Waals surface area (Å²) in [6.45, 7) is 10.8. The molecule has 4 rings (SSSR count). The van der Waals surface area contributed by atoms with Crippen molar-refractivity contribution >= 4 is 27.6 Å². The van der Waals surface area contributed by atoms with E-state index >= 15 is 0 Å². The van der Waals surface area contributed by atoms with Crippen LogP contribution in [0.5, 0.6) is 5.88 Å². The zero-order valence-electron chi connectivity index (χ0n) is 23.1. The van der Waals surface area contributed by atoms with Crippen LogP contribution in [-0.2, 0) is 23.0 Å². The number of rotatable bonds is 13. The summed E-state index contributed by atoms with van der Waals surface area (Å²) in [5.74, 6) is 1.51. The number of imidazole rings is 1. The Kier molecular flexibility index (Phi) is 9.11. The Morgan fingerprint density at radius 3 is 2.42 bits per heavy atom. The van der Waals surface area contributed by atoms with Crippen molar-refractivity contribution in [2.45, 2.75) is 37.9 Å². The van der Waals surface area contributed by atoms with Crippen LogP contribution >= 0.6 is 11.3 Å². The van der Waals surface area contributed by atoms with Crippen molar-refractivity contribution < 1.29 is 17.9 Å². The van der Waals surface area contributed by atoms with Crippen molar-refractivity contribution in [1.29, 1.82) is 0 Å². The predicted molar refractivity (Wildman–Crippen MR) is 160 cm³/mol. The van der Waals surface area contributed by atoms with E-state index in [0.29, 0.717) is 36.1 Å². The van der Waals surface area contributed by atoms with E-state index in [1.807, 2.05) is 72.2 Å². The molecule has 2 aromatic heterocycles. The highest BCUT2D eigenvalue weighted by Crippen LogP contribution is 2.37. The lowest BCUT2D eigenvalue weighted by atomic mass is 10.0. The van der Waals surface area contributed by atoms with Crippen molar-refractivity contribution in [2.75, 3.05) is 13.7 Å². The van der Waals surface area contributed by atoms with E-state index in [-0.39, 0.29) is 15.9 Å². The van der Waals surface area contributed by atoms with Crippen LogP contribution in [0.1, 0.15) is 41.7 Å². The molecule has 0 saturated heterocycles. The minimum Gasteiger partial charge on any atom is -0.479 e. The number of sulfonamides is 1. The smallest absolute Gasteiger partial charge is 0.273 e. The Morgan fingerprint density at radius 2 is 1.82 bits per heavy atom. The molecule has 0 aliphatic carbocycles. The average Bonchev–Trinajstić information content (AvgIpc) is 3.51. The molecular formula is C30H34N4O4S2. The number of benzene rings is 2. The number of ether oxygens (including phenoxy) is 1. The van der Waals surface area contributed by atoms with Crippen LogP contribution in [0.25, 0.3) is 22.5 Å². The number of nitrogens with zero attached hydrogens (tertiary/aromatic N) is 2. The zero-order valence-corrected chi connectivity index (χ0v) is 24.7. The summed E-state index contributed by atoms with van der Waals surface area (Å²) in [6, 6.07) is 19.3. The third kappa shape index (κ3) is 6.46. The molecule has 0 aliphatic rings. The number of aldehydes is 1. The van der Waals surface area contributed by atoms with Crippen LogP contribution in [0, 0.1) is 5.92 Å². The molecule has 0 saturated carbocycles. The molecule has 0 unspecified atom stereocenters. The van der Waals surface area contributed by atoms with E-state index in [2.05, 4.69) is 35.4 Å². The Labute approximate surface area is 239 Å². The second kappa shape index (κ2) is 12.5. The summed E-state index contributed by atoms with van der Waals surface area (Å²) in [5, 5.41) is 2.91. The molecule has 2 aromatic carbocycles. The summed E-state index contributed by atoms with van der Waals surface area (Å²) in [5.41, 5.74) is 3.56. The molecule has 10 heteroatoms. The lowest BCUT2D eigenvalue weighted by Crippen LogP contribution is -2.30. The van der Waals surface area contributed by atoms with Crippen molar-refractivity contribution in [3.05, 3.63) is 89.2 Å². The van der Waals surface area contributed by atoms with Crippen LogP contribution in [0.2, 0.25) is 0 Å². The maximum atomic E-state index is 13.3. The summed E-state index contributed by atoms with van der Waals surface area (Å²) >= 11 is 1.28. The van der Waals surface area contributed by atoms with Crippen LogP contribution in [0.3, 0.4) is 0 Å². The van der Waals surface area contributed by atoms with Crippen molar-refractivity contribution in [1.82, 2.24) is 19.6 Å². The second-order valence-corrected chi connectivity index (χ2v) is 12.7. The van der Waals surface area contributed by atoms with Crippen LogP contribution in [0.4, 0.5) is 0 Å². The van der Waals surface area contributed by atoms with Gasteiger partial charge in [-0.25, -0.2) is 8.42 Å². The Hall–Kier alpha value is -3.89. The van der Waals surface area contributed by atoms with E-state index in [1.165, 1.54) is 18.4 Å². The van der Waals surface area contributed by atoms with Gasteiger partial charge in [-0.15, -0.1) is 11.3 Å². The monoisotopic (exact) mass is 578 g/mol. The number of nitrogens with one attached hydrogen (secondary N) is 2. The van der Waals surface area contributed by atoms with E-state index in [4.69, 9.17) is 4.74 Å². The predicted octanol–water partition coefficient (Wildman–Crippen LogP) is 5.71. The normalized spacial score (nSPS) is 11.4. The van der Waals surface area contributed by atoms with Crippen molar-refractivity contribution in [2.24, 2.45) is 5.92 Å². The topological polar surface area (TPSA) is 102 Å². The number of thiophene rings is 1. The average molecular weight is 579 g/mol. The highest BCUT2D eigenvalue weighted by molar-refractivity contribution is 7.91. The number of carbonyl (C=O) groups is 1. The van der Waals surface area contributed by atoms with Crippen LogP contribution < -0.4 is 14.8 Å². The first-order valence-electron chi connectivity index (χ1n) is 13.0. The number of carbonyl (C=O) groups excluding carboxylic acids is 1. The molecule has 0 fully saturated rings. The van der Waals surface area contributed by atoms with Gasteiger partial charge in [0.05, 0.1) is 7.11 Å². The molecule has 40 heavy (non-hydrogen) atoms. The zero-order chi connectivity index (χ0) is 28.9. The van der Waals surface area contributed by atoms with Gasteiger partial charge in [0.2, 0.25) is 5.88 Å². The number of hydrogen-bond donors (Lipinski definition) is 2. The maximum absolute atomic E-state index is 13.3. The maximum Gasteiger partial charge on any atom is 0.273 e. The molecule has 0 aliphatic heterocycles. The fourth-order valence-corrected chi connectivity index (χ4v) is 7.39. The lowest BCUT2D eigenvalue weighted by molar-refractivity contribution is 0.111. The number of hydrogen-bond acceptors (Lipinski definition) is 7. The minimum atomic E-state index is -3.84. The molecule has 4 aromatic rings. The third-order valence-corrected chi connectivity index (χ3v) is 9.25. The summed E-state index contributed by atoms with van der Waals surface area (Å²) in [4.78, 5) is 17.6. The molecule has 8 nitrogen and oxygen atoms in total. The summed E-state index contributed by atoms with van der Waals surface area (Å²) in [7, 11) is -2.35. The van der Waals surface area contributed by atoms with E-state index in [9.17, 15) is 13.2 Å². The van der Waals surface area contributed by atoms with Gasteiger partial charge in [0, 0.05) is 29.1 Å². The molecular weight excluding hydrogens is 544 g/mol. The molecule has 0 radical (unpaired) electrons. The first-order chi connectivity index (χ1) is 19.2. The van der Waals surface area contributed by atoms with Gasteiger partial charge in [0.1, 0.15) is 21.5 Å². The van der Waals surface area contributed by atoms with Gasteiger partial charge < -0.3 is 14.6 Å². The van der Waals surface area contributed by atoms with Crippen LogP contribution in [0.15, 0.2) is 77.3 Å². The van der Waals surface area contributed by atoms with Gasteiger partial charge >= 0.3 is 0 Å². The van der Waals surface area contributed by atoms with Crippen LogP contribution in [-0.4, -0.2) is 37.9 Å². The quantitative estimate of drug-likeness (QED) is 0.197. The fraction of sp³-hybridized carbons (Fsp3) is 0.267.